The average molecular weight is 903 g/mol. The number of anilines is 1. The van der Waals surface area contributed by atoms with Gasteiger partial charge in [0.1, 0.15) is 41.7 Å². The van der Waals surface area contributed by atoms with Gasteiger partial charge in [-0.15, -0.1) is 0 Å². The second-order valence-corrected chi connectivity index (χ2v) is 16.8. The highest BCUT2D eigenvalue weighted by Crippen LogP contribution is 2.45. The molecule has 1 aliphatic rings. The van der Waals surface area contributed by atoms with Crippen molar-refractivity contribution in [2.24, 2.45) is 11.5 Å². The molecule has 5 rings (SSSR count). The summed E-state index contributed by atoms with van der Waals surface area (Å²) < 4.78 is 11.9. The highest BCUT2D eigenvalue weighted by molar-refractivity contribution is 6.33. The maximum atomic E-state index is 14.4. The minimum absolute atomic E-state index is 0.00429. The van der Waals surface area contributed by atoms with Gasteiger partial charge >= 0.3 is 5.97 Å². The summed E-state index contributed by atoms with van der Waals surface area (Å²) in [4.78, 5) is 73.2. The number of aliphatic carboxylic acids is 1. The second-order valence-electron chi connectivity index (χ2n) is 16.5. The standard InChI is InChI=1S/C45H55ClN8O10/c1-23-41(58)53-33(44(61)62)16-24-7-12-34(63-14-6-13-47)29(15-24)30-17-26(18-35(39(30)57)64-22-28(55)20-48)38(43(60)51-23)54(5)36(56)21-50-42(59)37-31(49)19-32(52-40(37)46)25-8-10-27(11-9-25)45(2,3)4/h7-12,15,17-19,23,28,33,38,55,57H,6,13-14,16,20-22,47-48H2,1-5H3,(H2,49,52)(H,50,59)(H,51,60)(H,53,58)(H,61,62)/t23-,28+,33-,38-/m0/s1. The van der Waals surface area contributed by atoms with E-state index in [-0.39, 0.29) is 76.2 Å². The number of aliphatic hydroxyl groups excluding tert-OH is 1. The first kappa shape index (κ1) is 48.6. The Hall–Kier alpha value is -6.47. The molecule has 0 saturated heterocycles. The predicted octanol–water partition coefficient (Wildman–Crippen LogP) is 2.64. The van der Waals surface area contributed by atoms with Crippen LogP contribution in [0.2, 0.25) is 5.15 Å². The number of pyridine rings is 1. The molecule has 64 heavy (non-hydrogen) atoms. The number of phenols is 1. The van der Waals surface area contributed by atoms with Crippen LogP contribution in [0.3, 0.4) is 0 Å². The van der Waals surface area contributed by atoms with Gasteiger partial charge in [0.05, 0.1) is 24.4 Å². The van der Waals surface area contributed by atoms with E-state index in [1.54, 1.807) is 18.2 Å². The van der Waals surface area contributed by atoms with Crippen LogP contribution in [0.5, 0.6) is 17.2 Å². The van der Waals surface area contributed by atoms with Crippen molar-refractivity contribution >= 4 is 46.9 Å². The van der Waals surface area contributed by atoms with Crippen molar-refractivity contribution in [1.29, 1.82) is 0 Å². The largest absolute Gasteiger partial charge is 0.504 e. The normalized spacial score (nSPS) is 17.0. The monoisotopic (exact) mass is 902 g/mol. The number of halogens is 1. The van der Waals surface area contributed by atoms with E-state index in [1.165, 1.54) is 32.2 Å². The van der Waals surface area contributed by atoms with E-state index >= 15 is 0 Å². The van der Waals surface area contributed by atoms with Crippen LogP contribution in [0.1, 0.15) is 67.2 Å². The number of fused-ring (bicyclic) bond motifs is 5. The summed E-state index contributed by atoms with van der Waals surface area (Å²) in [6.45, 7) is 6.83. The molecule has 0 fully saturated rings. The highest BCUT2D eigenvalue weighted by Gasteiger charge is 2.35. The number of benzene rings is 3. The number of aliphatic hydroxyl groups is 1. The SMILES string of the molecule is C[C@@H]1NC(=O)[C@@H](N(C)C(=O)CNC(=O)c2c(N)cc(-c3ccc(C(C)(C)C)cc3)nc2Cl)c2cc(OC[C@H](O)CN)c(O)c(c2)-c2cc(ccc2OCCCN)C[C@@H](C(=O)O)NC1=O. The van der Waals surface area contributed by atoms with Crippen molar-refractivity contribution < 1.29 is 48.8 Å². The molecule has 1 aliphatic heterocycles. The van der Waals surface area contributed by atoms with Crippen LogP contribution in [-0.2, 0) is 31.0 Å². The molecular weight excluding hydrogens is 848 g/mol. The van der Waals surface area contributed by atoms with Gasteiger partial charge in [-0.2, -0.15) is 0 Å². The molecule has 0 unspecified atom stereocenters. The number of rotatable bonds is 14. The van der Waals surface area contributed by atoms with Crippen molar-refractivity contribution in [2.45, 2.75) is 70.2 Å². The molecule has 0 aliphatic carbocycles. The van der Waals surface area contributed by atoms with Crippen LogP contribution in [0, 0.1) is 0 Å². The lowest BCUT2D eigenvalue weighted by Gasteiger charge is -2.30. The number of amides is 4. The summed E-state index contributed by atoms with van der Waals surface area (Å²) in [5.74, 6) is -5.17. The molecule has 12 N–H and O–H groups in total. The Balaban J connectivity index is 1.55. The van der Waals surface area contributed by atoms with Crippen LogP contribution >= 0.6 is 11.6 Å². The molecular formula is C45H55ClN8O10. The zero-order valence-electron chi connectivity index (χ0n) is 36.2. The quantitative estimate of drug-likeness (QED) is 0.0650. The summed E-state index contributed by atoms with van der Waals surface area (Å²) in [7, 11) is 1.28. The zero-order valence-corrected chi connectivity index (χ0v) is 37.0. The molecule has 1 aromatic heterocycles. The Morgan fingerprint density at radius 1 is 0.984 bits per heavy atom. The van der Waals surface area contributed by atoms with E-state index in [9.17, 15) is 39.3 Å². The third kappa shape index (κ3) is 11.6. The van der Waals surface area contributed by atoms with Crippen LogP contribution in [0.4, 0.5) is 5.69 Å². The van der Waals surface area contributed by atoms with Crippen molar-refractivity contribution in [1.82, 2.24) is 25.8 Å². The summed E-state index contributed by atoms with van der Waals surface area (Å²) in [5, 5.41) is 39.4. The van der Waals surface area contributed by atoms with Crippen LogP contribution < -0.4 is 42.6 Å². The molecule has 4 aromatic rings. The van der Waals surface area contributed by atoms with Gasteiger partial charge in [0, 0.05) is 42.4 Å². The average Bonchev–Trinajstić information content (AvgIpc) is 3.24. The summed E-state index contributed by atoms with van der Waals surface area (Å²) in [6, 6.07) is 12.2. The molecule has 0 spiro atoms. The maximum Gasteiger partial charge on any atom is 0.326 e. The van der Waals surface area contributed by atoms with Crippen LogP contribution in [0.25, 0.3) is 22.4 Å². The van der Waals surface area contributed by atoms with E-state index in [1.807, 2.05) is 24.3 Å². The highest BCUT2D eigenvalue weighted by atomic mass is 35.5. The van der Waals surface area contributed by atoms with E-state index in [0.29, 0.717) is 29.8 Å². The number of hydrogen-bond donors (Lipinski definition) is 9. The van der Waals surface area contributed by atoms with E-state index < -0.39 is 66.1 Å². The Morgan fingerprint density at radius 2 is 1.69 bits per heavy atom. The zero-order chi connectivity index (χ0) is 47.0. The minimum Gasteiger partial charge on any atom is -0.504 e. The number of aromatic nitrogens is 1. The Labute approximate surface area is 375 Å². The minimum atomic E-state index is -1.59. The van der Waals surface area contributed by atoms with Crippen molar-refractivity contribution in [2.75, 3.05) is 45.6 Å². The molecule has 342 valence electrons. The molecule has 18 nitrogen and oxygen atoms in total. The molecule has 3 aromatic carbocycles. The third-order valence-electron chi connectivity index (χ3n) is 10.6. The van der Waals surface area contributed by atoms with Gasteiger partial charge in [0.2, 0.25) is 17.7 Å². The molecule has 4 atom stereocenters. The maximum absolute atomic E-state index is 14.4. The molecule has 2 heterocycles. The van der Waals surface area contributed by atoms with E-state index in [2.05, 4.69) is 41.7 Å². The van der Waals surface area contributed by atoms with Gasteiger partial charge in [-0.1, -0.05) is 62.7 Å². The number of carbonyl (C=O) groups excluding carboxylic acids is 4. The first-order valence-electron chi connectivity index (χ1n) is 20.5. The number of nitrogen functional groups attached to an aromatic ring is 1. The molecule has 0 saturated carbocycles. The fourth-order valence-electron chi connectivity index (χ4n) is 6.86. The molecule has 19 heteroatoms. The summed E-state index contributed by atoms with van der Waals surface area (Å²) >= 11 is 6.52. The van der Waals surface area contributed by atoms with Crippen molar-refractivity contribution in [3.8, 4) is 39.6 Å². The lowest BCUT2D eigenvalue weighted by Crippen LogP contribution is -2.53. The van der Waals surface area contributed by atoms with E-state index in [0.717, 1.165) is 10.5 Å². The Bertz CT molecular complexity index is 2370. The number of carboxylic acids is 1. The van der Waals surface area contributed by atoms with Gasteiger partial charge in [-0.25, -0.2) is 9.78 Å². The van der Waals surface area contributed by atoms with E-state index in [4.69, 9.17) is 38.3 Å². The van der Waals surface area contributed by atoms with Crippen LogP contribution in [0.15, 0.2) is 60.7 Å². The second kappa shape index (κ2) is 20.8. The number of phenolic OH excluding ortho intramolecular Hbond substituents is 1. The number of nitrogens with two attached hydrogens (primary N) is 3. The number of hydrogen-bond acceptors (Lipinski definition) is 13. The van der Waals surface area contributed by atoms with Crippen LogP contribution in [-0.4, -0.2) is 113 Å². The topological polar surface area (TPSA) is 295 Å². The summed E-state index contributed by atoms with van der Waals surface area (Å²) in [5.41, 5.74) is 20.4. The Kier molecular flexibility index (Phi) is 15.8. The molecule has 0 radical (unpaired) electrons. The molecule has 4 amide bonds. The van der Waals surface area contributed by atoms with Gasteiger partial charge < -0.3 is 62.8 Å². The van der Waals surface area contributed by atoms with Gasteiger partial charge in [-0.3, -0.25) is 19.2 Å². The predicted molar refractivity (Wildman–Crippen MR) is 240 cm³/mol. The number of nitrogens with zero attached hydrogens (tertiary/aromatic N) is 2. The van der Waals surface area contributed by atoms with Crippen molar-refractivity contribution in [3.63, 3.8) is 0 Å². The van der Waals surface area contributed by atoms with Crippen molar-refractivity contribution in [3.05, 3.63) is 88.1 Å². The van der Waals surface area contributed by atoms with Gasteiger partial charge in [0.15, 0.2) is 11.5 Å². The fraction of sp³-hybridized carbons (Fsp3) is 0.378. The smallest absolute Gasteiger partial charge is 0.326 e. The molecule has 4 bridgehead atoms. The van der Waals surface area contributed by atoms with Gasteiger partial charge in [0.25, 0.3) is 5.91 Å². The number of likely N-dealkylation sites (N-methyl/N-ethyl adjacent to an activating group) is 1. The first-order chi connectivity index (χ1) is 30.2. The number of ether oxygens (including phenoxy) is 2. The lowest BCUT2D eigenvalue weighted by atomic mass is 9.86. The number of carboxylic acid groups (broad SMARTS) is 1. The fourth-order valence-corrected chi connectivity index (χ4v) is 7.15. The third-order valence-corrected chi connectivity index (χ3v) is 10.8. The summed E-state index contributed by atoms with van der Waals surface area (Å²) in [6.07, 6.45) is -0.892. The number of carbonyl (C=O) groups is 5. The van der Waals surface area contributed by atoms with Gasteiger partial charge in [-0.05, 0) is 72.3 Å². The lowest BCUT2D eigenvalue weighted by molar-refractivity contribution is -0.142. The first-order valence-corrected chi connectivity index (χ1v) is 20.9. The number of aromatic hydroxyl groups is 1. The Morgan fingerprint density at radius 3 is 2.31 bits per heavy atom. The number of nitrogens with one attached hydrogen (secondary N) is 3.